The second kappa shape index (κ2) is 6.53. The van der Waals surface area contributed by atoms with Gasteiger partial charge in [-0.05, 0) is 6.92 Å². The van der Waals surface area contributed by atoms with Crippen molar-refractivity contribution in [2.45, 2.75) is 13.0 Å². The van der Waals surface area contributed by atoms with Gasteiger partial charge in [-0.2, -0.15) is 0 Å². The Labute approximate surface area is 124 Å². The predicted molar refractivity (Wildman–Crippen MR) is 74.1 cm³/mol. The van der Waals surface area contributed by atoms with E-state index in [0.29, 0.717) is 0 Å². The summed E-state index contributed by atoms with van der Waals surface area (Å²) in [5, 5.41) is 15.2. The molecule has 0 radical (unpaired) electrons. The molecule has 0 fully saturated rings. The van der Waals surface area contributed by atoms with E-state index in [1.807, 2.05) is 0 Å². The molecule has 9 heteroatoms. The lowest BCUT2D eigenvalue weighted by molar-refractivity contribution is -0.384. The number of nitrogens with zero attached hydrogens (tertiary/aromatic N) is 1. The lowest BCUT2D eigenvalue weighted by Gasteiger charge is -2.13. The molecule has 1 atom stereocenters. The number of amides is 2. The zero-order valence-corrected chi connectivity index (χ0v) is 12.1. The third-order valence-corrected chi connectivity index (χ3v) is 3.26. The van der Waals surface area contributed by atoms with Crippen LogP contribution >= 0.6 is 23.2 Å². The average Bonchev–Trinajstić information content (AvgIpc) is 2.39. The first-order valence-electron chi connectivity index (χ1n) is 5.43. The summed E-state index contributed by atoms with van der Waals surface area (Å²) in [6, 6.07) is 1.23. The summed E-state index contributed by atoms with van der Waals surface area (Å²) in [6.07, 6.45) is 0. The Morgan fingerprint density at radius 3 is 2.45 bits per heavy atom. The van der Waals surface area contributed by atoms with E-state index in [2.05, 4.69) is 10.6 Å². The fourth-order valence-corrected chi connectivity index (χ4v) is 1.81. The molecule has 0 bridgehead atoms. The number of non-ortho nitro benzene ring substituents is 1. The lowest BCUT2D eigenvalue weighted by atomic mass is 10.1. The van der Waals surface area contributed by atoms with Crippen molar-refractivity contribution in [3.05, 3.63) is 37.9 Å². The molecule has 0 aromatic heterocycles. The van der Waals surface area contributed by atoms with Crippen molar-refractivity contribution in [2.24, 2.45) is 0 Å². The molecule has 0 saturated carbocycles. The van der Waals surface area contributed by atoms with Crippen LogP contribution in [0.5, 0.6) is 0 Å². The highest BCUT2D eigenvalue weighted by Gasteiger charge is 2.22. The summed E-state index contributed by atoms with van der Waals surface area (Å²) in [5.74, 6) is -1.14. The molecule has 0 saturated heterocycles. The van der Waals surface area contributed by atoms with Gasteiger partial charge in [0, 0.05) is 19.2 Å². The Morgan fingerprint density at radius 1 is 1.35 bits per heavy atom. The number of nitro benzene ring substituents is 1. The maximum Gasteiger partial charge on any atom is 0.271 e. The van der Waals surface area contributed by atoms with Crippen LogP contribution in [0.15, 0.2) is 12.1 Å². The van der Waals surface area contributed by atoms with Gasteiger partial charge in [0.25, 0.3) is 11.6 Å². The number of hydrogen-bond donors (Lipinski definition) is 2. The number of carbonyl (C=O) groups excluding carboxylic acids is 2. The number of rotatable bonds is 4. The van der Waals surface area contributed by atoms with E-state index in [1.54, 1.807) is 0 Å². The molecule has 108 valence electrons. The molecule has 0 aliphatic rings. The number of halogens is 2. The summed E-state index contributed by atoms with van der Waals surface area (Å²) >= 11 is 11.6. The van der Waals surface area contributed by atoms with Gasteiger partial charge in [-0.3, -0.25) is 19.7 Å². The monoisotopic (exact) mass is 319 g/mol. The van der Waals surface area contributed by atoms with Crippen LogP contribution in [-0.4, -0.2) is 29.8 Å². The zero-order chi connectivity index (χ0) is 15.4. The van der Waals surface area contributed by atoms with Crippen molar-refractivity contribution in [2.75, 3.05) is 7.05 Å². The predicted octanol–water partition coefficient (Wildman–Crippen LogP) is 1.77. The summed E-state index contributed by atoms with van der Waals surface area (Å²) in [4.78, 5) is 33.3. The maximum absolute atomic E-state index is 12.0. The number of nitro groups is 1. The van der Waals surface area contributed by atoms with E-state index in [4.69, 9.17) is 23.2 Å². The third-order valence-electron chi connectivity index (χ3n) is 2.46. The second-order valence-corrected chi connectivity index (χ2v) is 4.64. The van der Waals surface area contributed by atoms with Gasteiger partial charge in [-0.1, -0.05) is 23.2 Å². The van der Waals surface area contributed by atoms with Gasteiger partial charge in [-0.25, -0.2) is 0 Å². The van der Waals surface area contributed by atoms with Crippen LogP contribution in [0.3, 0.4) is 0 Å². The van der Waals surface area contributed by atoms with Crippen LogP contribution in [0, 0.1) is 10.1 Å². The Kier molecular flexibility index (Phi) is 5.29. The van der Waals surface area contributed by atoms with Crippen molar-refractivity contribution < 1.29 is 14.5 Å². The summed E-state index contributed by atoms with van der Waals surface area (Å²) in [7, 11) is 1.42. The Balaban J connectivity index is 3.09. The average molecular weight is 320 g/mol. The van der Waals surface area contributed by atoms with Gasteiger partial charge in [0.1, 0.15) is 6.04 Å². The molecule has 7 nitrogen and oxygen atoms in total. The van der Waals surface area contributed by atoms with E-state index in [-0.39, 0.29) is 21.3 Å². The second-order valence-electron chi connectivity index (χ2n) is 3.86. The molecule has 0 heterocycles. The lowest BCUT2D eigenvalue weighted by Crippen LogP contribution is -2.43. The van der Waals surface area contributed by atoms with Gasteiger partial charge < -0.3 is 10.6 Å². The van der Waals surface area contributed by atoms with Gasteiger partial charge in [-0.15, -0.1) is 0 Å². The van der Waals surface area contributed by atoms with Crippen molar-refractivity contribution in [3.63, 3.8) is 0 Å². The first-order chi connectivity index (χ1) is 9.27. The Bertz CT molecular complexity index is 577. The van der Waals surface area contributed by atoms with Crippen molar-refractivity contribution >= 4 is 40.7 Å². The minimum atomic E-state index is -0.818. The molecule has 1 aromatic carbocycles. The fraction of sp³-hybridized carbons (Fsp3) is 0.273. The molecule has 2 N–H and O–H groups in total. The molecular weight excluding hydrogens is 309 g/mol. The minimum Gasteiger partial charge on any atom is -0.357 e. The highest BCUT2D eigenvalue weighted by Crippen LogP contribution is 2.30. The highest BCUT2D eigenvalue weighted by atomic mass is 35.5. The summed E-state index contributed by atoms with van der Waals surface area (Å²) < 4.78 is 0. The van der Waals surface area contributed by atoms with Gasteiger partial charge in [0.15, 0.2) is 0 Å². The van der Waals surface area contributed by atoms with Crippen LogP contribution in [0.1, 0.15) is 17.3 Å². The molecule has 0 aliphatic heterocycles. The Hall–Kier alpha value is -1.86. The molecule has 1 unspecified atom stereocenters. The molecule has 2 amide bonds. The quantitative estimate of drug-likeness (QED) is 0.652. The smallest absolute Gasteiger partial charge is 0.271 e. The normalized spacial score (nSPS) is 11.6. The van der Waals surface area contributed by atoms with Crippen LogP contribution in [0.4, 0.5) is 5.69 Å². The molecular formula is C11H11Cl2N3O4. The number of likely N-dealkylation sites (N-methyl/N-ethyl adjacent to an activating group) is 1. The first-order valence-corrected chi connectivity index (χ1v) is 6.19. The van der Waals surface area contributed by atoms with Crippen molar-refractivity contribution in [3.8, 4) is 0 Å². The number of benzene rings is 1. The number of carbonyl (C=O) groups is 2. The number of hydrogen-bond acceptors (Lipinski definition) is 4. The van der Waals surface area contributed by atoms with Gasteiger partial charge in [0.2, 0.25) is 5.91 Å². The van der Waals surface area contributed by atoms with Crippen LogP contribution in [0.2, 0.25) is 10.0 Å². The van der Waals surface area contributed by atoms with Crippen LogP contribution in [-0.2, 0) is 4.79 Å². The van der Waals surface area contributed by atoms with E-state index >= 15 is 0 Å². The first kappa shape index (κ1) is 16.2. The molecule has 1 aromatic rings. The van der Waals surface area contributed by atoms with Gasteiger partial charge in [0.05, 0.1) is 20.5 Å². The maximum atomic E-state index is 12.0. The van der Waals surface area contributed by atoms with Crippen LogP contribution < -0.4 is 10.6 Å². The van der Waals surface area contributed by atoms with Crippen molar-refractivity contribution in [1.82, 2.24) is 10.6 Å². The van der Waals surface area contributed by atoms with E-state index in [1.165, 1.54) is 14.0 Å². The van der Waals surface area contributed by atoms with E-state index in [9.17, 15) is 19.7 Å². The molecule has 0 spiro atoms. The topological polar surface area (TPSA) is 101 Å². The SMILES string of the molecule is CNC(=O)C(C)NC(=O)c1cc([N+](=O)[O-])cc(Cl)c1Cl. The molecule has 0 aliphatic carbocycles. The molecule has 20 heavy (non-hydrogen) atoms. The van der Waals surface area contributed by atoms with Gasteiger partial charge >= 0.3 is 0 Å². The highest BCUT2D eigenvalue weighted by molar-refractivity contribution is 6.44. The minimum absolute atomic E-state index is 0.112. The fourth-order valence-electron chi connectivity index (χ4n) is 1.40. The van der Waals surface area contributed by atoms with Crippen molar-refractivity contribution in [1.29, 1.82) is 0 Å². The Morgan fingerprint density at radius 2 is 1.95 bits per heavy atom. The third kappa shape index (κ3) is 3.58. The van der Waals surface area contributed by atoms with Crippen LogP contribution in [0.25, 0.3) is 0 Å². The largest absolute Gasteiger partial charge is 0.357 e. The number of nitrogens with one attached hydrogen (secondary N) is 2. The summed E-state index contributed by atoms with van der Waals surface area (Å²) in [5.41, 5.74) is -0.529. The zero-order valence-electron chi connectivity index (χ0n) is 10.6. The summed E-state index contributed by atoms with van der Waals surface area (Å²) in [6.45, 7) is 1.46. The molecule has 1 rings (SSSR count). The van der Waals surface area contributed by atoms with E-state index < -0.39 is 22.8 Å². The standard InChI is InChI=1S/C11H11Cl2N3O4/c1-5(10(17)14-2)15-11(18)7-3-6(16(19)20)4-8(12)9(7)13/h3-5H,1-2H3,(H,14,17)(H,15,18). The van der Waals surface area contributed by atoms with E-state index in [0.717, 1.165) is 12.1 Å².